The predicted molar refractivity (Wildman–Crippen MR) is 150 cm³/mol. The number of ether oxygens (including phenoxy) is 1. The van der Waals surface area contributed by atoms with Crippen LogP contribution < -0.4 is 5.32 Å². The number of hydrogen-bond acceptors (Lipinski definition) is 5. The third-order valence-corrected chi connectivity index (χ3v) is 6.64. The highest BCUT2D eigenvalue weighted by Crippen LogP contribution is 2.30. The van der Waals surface area contributed by atoms with Crippen molar-refractivity contribution in [2.75, 3.05) is 7.11 Å². The van der Waals surface area contributed by atoms with Crippen LogP contribution in [0, 0.1) is 26.6 Å². The lowest BCUT2D eigenvalue weighted by Crippen LogP contribution is -2.42. The number of nitrogens with one attached hydrogen (secondary N) is 1. The van der Waals surface area contributed by atoms with Crippen molar-refractivity contribution in [1.29, 1.82) is 0 Å². The molecule has 0 bridgehead atoms. The molecule has 0 aromatic heterocycles. The van der Waals surface area contributed by atoms with Gasteiger partial charge in [-0.1, -0.05) is 54.1 Å². The van der Waals surface area contributed by atoms with E-state index < -0.39 is 24.0 Å². The molecule has 3 N–H and O–H groups in total. The molecule has 0 spiro atoms. The van der Waals surface area contributed by atoms with Crippen molar-refractivity contribution in [2.45, 2.75) is 58.6 Å². The molecule has 7 heteroatoms. The Morgan fingerprint density at radius 3 is 2.41 bits per heavy atom. The van der Waals surface area contributed by atoms with Crippen molar-refractivity contribution in [1.82, 2.24) is 5.32 Å². The third-order valence-electron chi connectivity index (χ3n) is 6.64. The number of carbonyl (C=O) groups is 2. The average molecular weight is 534 g/mol. The van der Waals surface area contributed by atoms with E-state index in [4.69, 9.17) is 4.74 Å². The summed E-state index contributed by atoms with van der Waals surface area (Å²) in [7, 11) is 1.24. The van der Waals surface area contributed by atoms with Crippen LogP contribution in [-0.2, 0) is 27.2 Å². The number of aryl methyl sites for hydroxylation is 3. The van der Waals surface area contributed by atoms with Crippen LogP contribution in [-0.4, -0.2) is 41.3 Å². The highest BCUT2D eigenvalue weighted by atomic mass is 19.1. The zero-order chi connectivity index (χ0) is 28.5. The molecule has 0 heterocycles. The summed E-state index contributed by atoms with van der Waals surface area (Å²) in [5.74, 6) is -1.81. The molecule has 0 radical (unpaired) electrons. The lowest BCUT2D eigenvalue weighted by atomic mass is 9.89. The summed E-state index contributed by atoms with van der Waals surface area (Å²) in [6, 6.07) is 17.4. The van der Waals surface area contributed by atoms with Gasteiger partial charge in [0, 0.05) is 18.9 Å². The number of rotatable bonds is 11. The largest absolute Gasteiger partial charge is 0.512 e. The van der Waals surface area contributed by atoms with Crippen molar-refractivity contribution in [3.8, 4) is 11.1 Å². The van der Waals surface area contributed by atoms with E-state index in [0.717, 1.165) is 39.5 Å². The fraction of sp³-hybridized carbons (Fsp3) is 0.312. The lowest BCUT2D eigenvalue weighted by Gasteiger charge is -2.17. The van der Waals surface area contributed by atoms with E-state index in [1.165, 1.54) is 13.2 Å². The van der Waals surface area contributed by atoms with Crippen molar-refractivity contribution in [3.63, 3.8) is 0 Å². The number of carbonyl (C=O) groups excluding carboxylic acids is 2. The Hall–Kier alpha value is -3.97. The maximum absolute atomic E-state index is 13.9. The van der Waals surface area contributed by atoms with Gasteiger partial charge in [-0.2, -0.15) is 0 Å². The number of methoxy groups -OCH3 is 1. The predicted octanol–water partition coefficient (Wildman–Crippen LogP) is 5.44. The van der Waals surface area contributed by atoms with Gasteiger partial charge < -0.3 is 20.3 Å². The summed E-state index contributed by atoms with van der Waals surface area (Å²) in [5, 5.41) is 23.5. The van der Waals surface area contributed by atoms with Crippen LogP contribution in [0.2, 0.25) is 0 Å². The van der Waals surface area contributed by atoms with Gasteiger partial charge in [0.05, 0.1) is 13.2 Å². The normalized spacial score (nSPS) is 13.0. The first kappa shape index (κ1) is 29.6. The van der Waals surface area contributed by atoms with Gasteiger partial charge >= 0.3 is 5.97 Å². The summed E-state index contributed by atoms with van der Waals surface area (Å²) in [4.78, 5) is 24.7. The van der Waals surface area contributed by atoms with Crippen LogP contribution in [0.3, 0.4) is 0 Å². The molecule has 206 valence electrons. The third kappa shape index (κ3) is 8.52. The molecule has 0 saturated carbocycles. The maximum Gasteiger partial charge on any atom is 0.328 e. The van der Waals surface area contributed by atoms with Gasteiger partial charge in [0.15, 0.2) is 0 Å². The smallest absolute Gasteiger partial charge is 0.328 e. The van der Waals surface area contributed by atoms with Crippen LogP contribution >= 0.6 is 0 Å². The summed E-state index contributed by atoms with van der Waals surface area (Å²) in [5.41, 5.74) is 6.47. The van der Waals surface area contributed by atoms with Gasteiger partial charge in [-0.25, -0.2) is 9.18 Å². The van der Waals surface area contributed by atoms with E-state index in [2.05, 4.69) is 17.4 Å². The minimum atomic E-state index is -0.920. The van der Waals surface area contributed by atoms with Crippen LogP contribution in [0.1, 0.15) is 40.7 Å². The van der Waals surface area contributed by atoms with E-state index in [1.54, 1.807) is 13.0 Å². The Kier molecular flexibility index (Phi) is 10.4. The number of aliphatic hydroxyl groups excluding tert-OH is 2. The minimum Gasteiger partial charge on any atom is -0.512 e. The van der Waals surface area contributed by atoms with Crippen LogP contribution in [0.5, 0.6) is 0 Å². The Morgan fingerprint density at radius 1 is 1.03 bits per heavy atom. The first-order valence-electron chi connectivity index (χ1n) is 12.9. The van der Waals surface area contributed by atoms with Gasteiger partial charge in [-0.15, -0.1) is 0 Å². The standard InChI is InChI=1S/C32H36FNO5/c1-20-14-21(2)27(28(15-20)24-10-13-29(33)22(3)16-24)12-11-25(35)18-26(36)19-31(37)34-30(32(38)39-4)17-23-8-6-5-7-9-23/h5-10,13-16,19,25,30,35-36H,11-12,17-18H2,1-4H3,(H,34,37)/t25-,30+/m1/s1. The molecule has 0 aliphatic heterocycles. The number of benzene rings is 3. The zero-order valence-electron chi connectivity index (χ0n) is 22.8. The molecule has 1 amide bonds. The first-order valence-corrected chi connectivity index (χ1v) is 12.9. The van der Waals surface area contributed by atoms with Gasteiger partial charge in [0.2, 0.25) is 5.91 Å². The van der Waals surface area contributed by atoms with Crippen molar-refractivity contribution < 1.29 is 28.9 Å². The topological polar surface area (TPSA) is 95.9 Å². The molecule has 39 heavy (non-hydrogen) atoms. The SMILES string of the molecule is COC(=O)[C@H](Cc1ccccc1)NC(=O)C=C(O)C[C@H](O)CCc1c(C)cc(C)cc1-c1ccc(F)c(C)c1. The summed E-state index contributed by atoms with van der Waals surface area (Å²) >= 11 is 0. The molecular weight excluding hydrogens is 497 g/mol. The molecule has 3 rings (SSSR count). The Morgan fingerprint density at radius 2 is 1.74 bits per heavy atom. The number of halogens is 1. The molecule has 3 aromatic carbocycles. The van der Waals surface area contributed by atoms with Crippen LogP contribution in [0.4, 0.5) is 4.39 Å². The molecule has 0 aliphatic carbocycles. The van der Waals surface area contributed by atoms with E-state index in [-0.39, 0.29) is 24.4 Å². The van der Waals surface area contributed by atoms with E-state index in [9.17, 15) is 24.2 Å². The Balaban J connectivity index is 1.65. The number of aliphatic hydroxyl groups is 2. The number of amides is 1. The van der Waals surface area contributed by atoms with Crippen LogP contribution in [0.15, 0.2) is 72.5 Å². The maximum atomic E-state index is 13.9. The average Bonchev–Trinajstić information content (AvgIpc) is 2.89. The van der Waals surface area contributed by atoms with Gasteiger partial charge in [-0.3, -0.25) is 4.79 Å². The molecule has 0 unspecified atom stereocenters. The fourth-order valence-corrected chi connectivity index (χ4v) is 4.66. The second-order valence-corrected chi connectivity index (χ2v) is 9.88. The van der Waals surface area contributed by atoms with E-state index >= 15 is 0 Å². The van der Waals surface area contributed by atoms with Crippen molar-refractivity contribution in [2.24, 2.45) is 0 Å². The fourth-order valence-electron chi connectivity index (χ4n) is 4.66. The molecule has 0 saturated heterocycles. The summed E-state index contributed by atoms with van der Waals surface area (Å²) < 4.78 is 18.7. The lowest BCUT2D eigenvalue weighted by molar-refractivity contribution is -0.144. The summed E-state index contributed by atoms with van der Waals surface area (Å²) in [6.45, 7) is 5.73. The monoisotopic (exact) mass is 533 g/mol. The first-order chi connectivity index (χ1) is 18.6. The molecule has 3 aromatic rings. The van der Waals surface area contributed by atoms with Gasteiger partial charge in [-0.05, 0) is 79.1 Å². The molecule has 6 nitrogen and oxygen atoms in total. The molecular formula is C32H36FNO5. The Bertz CT molecular complexity index is 1340. The molecule has 0 aliphatic rings. The quantitative estimate of drug-likeness (QED) is 0.173. The zero-order valence-corrected chi connectivity index (χ0v) is 22.8. The second kappa shape index (κ2) is 13.7. The van der Waals surface area contributed by atoms with Crippen LogP contribution in [0.25, 0.3) is 11.1 Å². The molecule has 2 atom stereocenters. The second-order valence-electron chi connectivity index (χ2n) is 9.88. The van der Waals surface area contributed by atoms with Gasteiger partial charge in [0.1, 0.15) is 17.6 Å². The van der Waals surface area contributed by atoms with E-state index in [0.29, 0.717) is 18.4 Å². The highest BCUT2D eigenvalue weighted by Gasteiger charge is 2.22. The van der Waals surface area contributed by atoms with Gasteiger partial charge in [0.25, 0.3) is 0 Å². The van der Waals surface area contributed by atoms with E-state index in [1.807, 2.05) is 50.2 Å². The Labute approximate surface area is 229 Å². The highest BCUT2D eigenvalue weighted by molar-refractivity contribution is 5.91. The number of esters is 1. The molecule has 0 fully saturated rings. The number of hydrogen-bond donors (Lipinski definition) is 3. The minimum absolute atomic E-state index is 0.120. The van der Waals surface area contributed by atoms with Crippen molar-refractivity contribution in [3.05, 3.63) is 106 Å². The van der Waals surface area contributed by atoms with Crippen molar-refractivity contribution >= 4 is 11.9 Å². The summed E-state index contributed by atoms with van der Waals surface area (Å²) in [6.07, 6.45) is 1.06.